The van der Waals surface area contributed by atoms with Gasteiger partial charge in [-0.05, 0) is 44.4 Å². The van der Waals surface area contributed by atoms with E-state index in [0.717, 1.165) is 38.4 Å². The highest BCUT2D eigenvalue weighted by molar-refractivity contribution is 5.89. The Balaban J connectivity index is 1.38. The van der Waals surface area contributed by atoms with Gasteiger partial charge in [0.05, 0.1) is 6.33 Å². The van der Waals surface area contributed by atoms with E-state index in [2.05, 4.69) is 25.1 Å². The van der Waals surface area contributed by atoms with Crippen LogP contribution in [-0.2, 0) is 6.54 Å². The number of hydrogen-bond acceptors (Lipinski definition) is 3. The Morgan fingerprint density at radius 1 is 1.28 bits per heavy atom. The minimum absolute atomic E-state index is 0.126. The molecule has 2 amide bonds. The summed E-state index contributed by atoms with van der Waals surface area (Å²) in [5.74, 6) is 0.514. The number of rotatable bonds is 6. The van der Waals surface area contributed by atoms with Crippen LogP contribution in [0.4, 0.5) is 10.5 Å². The number of aryl methyl sites for hydroxylation is 1. The summed E-state index contributed by atoms with van der Waals surface area (Å²) in [6.07, 6.45) is 8.04. The van der Waals surface area contributed by atoms with Crippen molar-refractivity contribution in [3.63, 3.8) is 0 Å². The normalized spacial score (nSPS) is 18.0. The van der Waals surface area contributed by atoms with E-state index >= 15 is 0 Å². The minimum Gasteiger partial charge on any atom is -0.338 e. The molecule has 1 aromatic carbocycles. The van der Waals surface area contributed by atoms with Crippen molar-refractivity contribution in [2.24, 2.45) is 5.92 Å². The fraction of sp³-hybridized carbons (Fsp3) is 0.474. The molecule has 0 unspecified atom stereocenters. The summed E-state index contributed by atoms with van der Waals surface area (Å²) in [5.41, 5.74) is 2.01. The fourth-order valence-corrected chi connectivity index (χ4v) is 3.25. The quantitative estimate of drug-likeness (QED) is 0.849. The Kier molecular flexibility index (Phi) is 6.06. The summed E-state index contributed by atoms with van der Waals surface area (Å²) in [5, 5.41) is 5.90. The molecule has 1 fully saturated rings. The second kappa shape index (κ2) is 8.67. The van der Waals surface area contributed by atoms with Crippen LogP contribution in [0.3, 0.4) is 0 Å². The number of imidazole rings is 1. The van der Waals surface area contributed by atoms with Gasteiger partial charge >= 0.3 is 6.03 Å². The third-order valence-electron chi connectivity index (χ3n) is 4.70. The predicted molar refractivity (Wildman–Crippen MR) is 99.6 cm³/mol. The number of piperidine rings is 1. The van der Waals surface area contributed by atoms with Gasteiger partial charge in [0, 0.05) is 44.3 Å². The second-order valence-electron chi connectivity index (χ2n) is 6.81. The van der Waals surface area contributed by atoms with E-state index in [0.29, 0.717) is 5.92 Å². The van der Waals surface area contributed by atoms with Crippen molar-refractivity contribution in [1.82, 2.24) is 19.8 Å². The number of carbonyl (C=O) groups excluding carboxylic acids is 1. The van der Waals surface area contributed by atoms with Crippen LogP contribution in [0.2, 0.25) is 0 Å². The molecule has 2 N–H and O–H groups in total. The summed E-state index contributed by atoms with van der Waals surface area (Å²) in [4.78, 5) is 18.6. The molecule has 0 spiro atoms. The van der Waals surface area contributed by atoms with Crippen molar-refractivity contribution >= 4 is 11.7 Å². The molecule has 6 nitrogen and oxygen atoms in total. The highest BCUT2D eigenvalue weighted by atomic mass is 16.2. The number of benzene rings is 1. The van der Waals surface area contributed by atoms with Gasteiger partial charge in [0.15, 0.2) is 0 Å². The van der Waals surface area contributed by atoms with Gasteiger partial charge in [0.1, 0.15) is 0 Å². The molecule has 1 aliphatic heterocycles. The molecular formula is C19H27N5O. The minimum atomic E-state index is -0.126. The number of carbonyl (C=O) groups is 1. The van der Waals surface area contributed by atoms with E-state index in [-0.39, 0.29) is 6.03 Å². The van der Waals surface area contributed by atoms with Gasteiger partial charge in [-0.3, -0.25) is 0 Å². The Morgan fingerprint density at radius 3 is 2.88 bits per heavy atom. The van der Waals surface area contributed by atoms with Crippen LogP contribution in [0.25, 0.3) is 0 Å². The molecule has 2 aromatic rings. The zero-order valence-corrected chi connectivity index (χ0v) is 14.8. The highest BCUT2D eigenvalue weighted by Gasteiger charge is 2.20. The number of nitrogens with zero attached hydrogens (tertiary/aromatic N) is 3. The third kappa shape index (κ3) is 5.60. The molecule has 2 heterocycles. The van der Waals surface area contributed by atoms with Crippen LogP contribution in [0.15, 0.2) is 43.0 Å². The molecule has 0 saturated carbocycles. The topological polar surface area (TPSA) is 62.2 Å². The maximum Gasteiger partial charge on any atom is 0.319 e. The Morgan fingerprint density at radius 2 is 2.12 bits per heavy atom. The van der Waals surface area contributed by atoms with Crippen molar-refractivity contribution in [1.29, 1.82) is 0 Å². The molecule has 0 aliphatic carbocycles. The summed E-state index contributed by atoms with van der Waals surface area (Å²) in [7, 11) is 0. The molecule has 1 aromatic heterocycles. The van der Waals surface area contributed by atoms with Crippen LogP contribution in [0.5, 0.6) is 0 Å². The Bertz CT molecular complexity index is 653. The van der Waals surface area contributed by atoms with Crippen molar-refractivity contribution in [2.45, 2.75) is 26.3 Å². The number of amides is 2. The molecule has 1 atom stereocenters. The molecule has 1 aliphatic rings. The van der Waals surface area contributed by atoms with Crippen LogP contribution in [0, 0.1) is 12.8 Å². The van der Waals surface area contributed by atoms with Crippen molar-refractivity contribution in [3.8, 4) is 0 Å². The third-order valence-corrected chi connectivity index (χ3v) is 4.70. The largest absolute Gasteiger partial charge is 0.338 e. The lowest BCUT2D eigenvalue weighted by Crippen LogP contribution is -2.42. The zero-order chi connectivity index (χ0) is 17.5. The first kappa shape index (κ1) is 17.5. The van der Waals surface area contributed by atoms with Crippen LogP contribution in [0.1, 0.15) is 18.4 Å². The van der Waals surface area contributed by atoms with Crippen LogP contribution in [-0.4, -0.2) is 46.7 Å². The van der Waals surface area contributed by atoms with E-state index in [1.165, 1.54) is 18.4 Å². The SMILES string of the molecule is Cc1ccc(NC(=O)NC[C@H]2CCCN(CCn3ccnc3)C2)cc1. The molecule has 1 saturated heterocycles. The van der Waals surface area contributed by atoms with E-state index in [1.807, 2.05) is 49.9 Å². The molecule has 6 heteroatoms. The molecule has 3 rings (SSSR count). The number of hydrogen-bond donors (Lipinski definition) is 2. The first-order chi connectivity index (χ1) is 12.2. The van der Waals surface area contributed by atoms with E-state index in [1.54, 1.807) is 0 Å². The fourth-order valence-electron chi connectivity index (χ4n) is 3.25. The number of anilines is 1. The molecule has 25 heavy (non-hydrogen) atoms. The summed E-state index contributed by atoms with van der Waals surface area (Å²) in [6, 6.07) is 7.71. The maximum atomic E-state index is 12.1. The zero-order valence-electron chi connectivity index (χ0n) is 14.8. The smallest absolute Gasteiger partial charge is 0.319 e. The predicted octanol–water partition coefficient (Wildman–Crippen LogP) is 2.73. The summed E-state index contributed by atoms with van der Waals surface area (Å²) < 4.78 is 2.11. The number of nitrogens with one attached hydrogen (secondary N) is 2. The number of urea groups is 1. The number of aromatic nitrogens is 2. The van der Waals surface area contributed by atoms with Gasteiger partial charge in [0.25, 0.3) is 0 Å². The second-order valence-corrected chi connectivity index (χ2v) is 6.81. The lowest BCUT2D eigenvalue weighted by atomic mass is 9.98. The molecule has 0 bridgehead atoms. The Labute approximate surface area is 149 Å². The van der Waals surface area contributed by atoms with Gasteiger partial charge in [-0.25, -0.2) is 9.78 Å². The average molecular weight is 341 g/mol. The van der Waals surface area contributed by atoms with Crippen LogP contribution < -0.4 is 10.6 Å². The van der Waals surface area contributed by atoms with Gasteiger partial charge in [-0.1, -0.05) is 17.7 Å². The lowest BCUT2D eigenvalue weighted by molar-refractivity contribution is 0.167. The van der Waals surface area contributed by atoms with Crippen molar-refractivity contribution in [3.05, 3.63) is 48.5 Å². The first-order valence-electron chi connectivity index (χ1n) is 8.98. The molecule has 134 valence electrons. The lowest BCUT2D eigenvalue weighted by Gasteiger charge is -2.32. The van der Waals surface area contributed by atoms with E-state index < -0.39 is 0 Å². The summed E-state index contributed by atoms with van der Waals surface area (Å²) >= 11 is 0. The van der Waals surface area contributed by atoms with E-state index in [9.17, 15) is 4.79 Å². The van der Waals surface area contributed by atoms with Gasteiger partial charge in [-0.15, -0.1) is 0 Å². The van der Waals surface area contributed by atoms with Gasteiger partial charge < -0.3 is 20.1 Å². The standard InChI is InChI=1S/C19H27N5O/c1-16-4-6-18(7-5-16)22-19(25)21-13-17-3-2-9-23(14-17)11-12-24-10-8-20-15-24/h4-8,10,15,17H,2-3,9,11-14H2,1H3,(H2,21,22,25)/t17-/m1/s1. The number of likely N-dealkylation sites (tertiary alicyclic amines) is 1. The molecule has 0 radical (unpaired) electrons. The summed E-state index contributed by atoms with van der Waals surface area (Å²) in [6.45, 7) is 6.93. The maximum absolute atomic E-state index is 12.1. The van der Waals surface area contributed by atoms with E-state index in [4.69, 9.17) is 0 Å². The van der Waals surface area contributed by atoms with Crippen molar-refractivity contribution in [2.75, 3.05) is 31.5 Å². The van der Waals surface area contributed by atoms with Gasteiger partial charge in [0.2, 0.25) is 0 Å². The Hall–Kier alpha value is -2.34. The monoisotopic (exact) mass is 341 g/mol. The molecular weight excluding hydrogens is 314 g/mol. The van der Waals surface area contributed by atoms with Crippen molar-refractivity contribution < 1.29 is 4.79 Å². The highest BCUT2D eigenvalue weighted by Crippen LogP contribution is 2.16. The first-order valence-corrected chi connectivity index (χ1v) is 8.98. The van der Waals surface area contributed by atoms with Crippen LogP contribution >= 0.6 is 0 Å². The van der Waals surface area contributed by atoms with Gasteiger partial charge in [-0.2, -0.15) is 0 Å². The average Bonchev–Trinajstić information content (AvgIpc) is 3.14.